The van der Waals surface area contributed by atoms with E-state index < -0.39 is 0 Å². The first-order valence-electron chi connectivity index (χ1n) is 12.2. The van der Waals surface area contributed by atoms with Crippen molar-refractivity contribution < 1.29 is 0 Å². The van der Waals surface area contributed by atoms with Gasteiger partial charge in [0.05, 0.1) is 0 Å². The molecule has 36 heavy (non-hydrogen) atoms. The number of anilines is 3. The summed E-state index contributed by atoms with van der Waals surface area (Å²) >= 11 is 0.309. The monoisotopic (exact) mass is 525 g/mol. The molecule has 1 nitrogen and oxygen atoms in total. The summed E-state index contributed by atoms with van der Waals surface area (Å²) in [4.78, 5) is 2.40. The van der Waals surface area contributed by atoms with Gasteiger partial charge < -0.3 is 0 Å². The quantitative estimate of drug-likeness (QED) is 0.207. The fourth-order valence-corrected chi connectivity index (χ4v) is 7.74. The molecule has 170 valence electrons. The van der Waals surface area contributed by atoms with Crippen molar-refractivity contribution in [1.29, 1.82) is 0 Å². The summed E-state index contributed by atoms with van der Waals surface area (Å²) in [5, 5.41) is 5.45. The van der Waals surface area contributed by atoms with Crippen molar-refractivity contribution in [3.05, 3.63) is 140 Å². The Morgan fingerprint density at radius 1 is 0.472 bits per heavy atom. The second-order valence-corrected chi connectivity index (χ2v) is 11.2. The predicted octanol–water partition coefficient (Wildman–Crippen LogP) is 9.34. The molecule has 0 spiro atoms. The molecule has 6 aromatic carbocycles. The van der Waals surface area contributed by atoms with E-state index in [0.717, 1.165) is 5.69 Å². The normalized spacial score (nSPS) is 11.3. The fourth-order valence-electron chi connectivity index (χ4n) is 5.16. The van der Waals surface area contributed by atoms with Gasteiger partial charge in [-0.1, -0.05) is 0 Å². The molecular weight excluding hydrogens is 501 g/mol. The third-order valence-electron chi connectivity index (χ3n) is 6.85. The van der Waals surface area contributed by atoms with Crippen molar-refractivity contribution in [1.82, 2.24) is 0 Å². The van der Waals surface area contributed by atoms with E-state index in [-0.39, 0.29) is 0 Å². The first-order valence-corrected chi connectivity index (χ1v) is 13.9. The Morgan fingerprint density at radius 3 is 2.03 bits per heavy atom. The molecule has 0 N–H and O–H groups in total. The topological polar surface area (TPSA) is 3.24 Å². The van der Waals surface area contributed by atoms with Crippen LogP contribution in [0.15, 0.2) is 140 Å². The molecule has 0 fully saturated rings. The van der Waals surface area contributed by atoms with Crippen molar-refractivity contribution in [2.45, 2.75) is 0 Å². The minimum atomic E-state index is 0.309. The van der Waals surface area contributed by atoms with Crippen molar-refractivity contribution >= 4 is 61.6 Å². The van der Waals surface area contributed by atoms with Crippen LogP contribution in [0.2, 0.25) is 0 Å². The number of nitrogens with zero attached hydrogens (tertiary/aromatic N) is 1. The third-order valence-corrected chi connectivity index (χ3v) is 9.41. The Hall–Kier alpha value is -4.10. The van der Waals surface area contributed by atoms with E-state index in [4.69, 9.17) is 0 Å². The van der Waals surface area contributed by atoms with E-state index in [0.29, 0.717) is 14.5 Å². The van der Waals surface area contributed by atoms with Gasteiger partial charge in [-0.25, -0.2) is 0 Å². The molecule has 7 aromatic rings. The van der Waals surface area contributed by atoms with Gasteiger partial charge in [0.1, 0.15) is 0 Å². The molecule has 1 heterocycles. The molecule has 7 rings (SSSR count). The molecular formula is C34H23NSe. The van der Waals surface area contributed by atoms with Gasteiger partial charge in [0.2, 0.25) is 0 Å². The molecule has 0 atom stereocenters. The van der Waals surface area contributed by atoms with E-state index >= 15 is 0 Å². The number of hydrogen-bond acceptors (Lipinski definition) is 1. The summed E-state index contributed by atoms with van der Waals surface area (Å²) in [6.45, 7) is 0. The average Bonchev–Trinajstić information content (AvgIpc) is 3.34. The molecule has 0 saturated carbocycles. The Bertz CT molecular complexity index is 1830. The molecule has 2 heteroatoms. The molecule has 0 aliphatic heterocycles. The Balaban J connectivity index is 1.50. The second kappa shape index (κ2) is 8.84. The van der Waals surface area contributed by atoms with E-state index in [1.807, 2.05) is 0 Å². The molecule has 0 aliphatic rings. The Labute approximate surface area is 216 Å². The van der Waals surface area contributed by atoms with Crippen LogP contribution in [0.1, 0.15) is 0 Å². The van der Waals surface area contributed by atoms with Crippen LogP contribution in [0.25, 0.3) is 41.2 Å². The van der Waals surface area contributed by atoms with Gasteiger partial charge in [0, 0.05) is 0 Å². The van der Waals surface area contributed by atoms with Gasteiger partial charge in [0.25, 0.3) is 0 Å². The first-order chi connectivity index (χ1) is 17.9. The van der Waals surface area contributed by atoms with E-state index in [9.17, 15) is 0 Å². The zero-order valence-corrected chi connectivity index (χ0v) is 21.3. The molecule has 0 bridgehead atoms. The van der Waals surface area contributed by atoms with Crippen LogP contribution in [0.4, 0.5) is 17.1 Å². The average molecular weight is 525 g/mol. The number of fused-ring (bicyclic) bond motifs is 5. The van der Waals surface area contributed by atoms with E-state index in [1.54, 1.807) is 0 Å². The second-order valence-electron chi connectivity index (χ2n) is 9.00. The van der Waals surface area contributed by atoms with Crippen LogP contribution in [0.3, 0.4) is 0 Å². The van der Waals surface area contributed by atoms with E-state index in [1.165, 1.54) is 52.6 Å². The van der Waals surface area contributed by atoms with Crippen molar-refractivity contribution in [2.75, 3.05) is 4.90 Å². The van der Waals surface area contributed by atoms with Crippen molar-refractivity contribution in [2.24, 2.45) is 0 Å². The van der Waals surface area contributed by atoms with Crippen LogP contribution in [0.5, 0.6) is 0 Å². The van der Waals surface area contributed by atoms with Gasteiger partial charge >= 0.3 is 217 Å². The summed E-state index contributed by atoms with van der Waals surface area (Å²) in [7, 11) is 0. The number of rotatable bonds is 4. The van der Waals surface area contributed by atoms with Crippen LogP contribution in [-0.2, 0) is 0 Å². The maximum atomic E-state index is 2.40. The van der Waals surface area contributed by atoms with Crippen LogP contribution in [0, 0.1) is 0 Å². The van der Waals surface area contributed by atoms with Crippen LogP contribution in [-0.4, -0.2) is 14.5 Å². The van der Waals surface area contributed by atoms with Gasteiger partial charge in [0.15, 0.2) is 0 Å². The Morgan fingerprint density at radius 2 is 1.17 bits per heavy atom. The number of para-hydroxylation sites is 2. The van der Waals surface area contributed by atoms with Crippen molar-refractivity contribution in [3.8, 4) is 11.1 Å². The first kappa shape index (κ1) is 21.2. The Kier molecular flexibility index (Phi) is 5.21. The molecule has 0 aliphatic carbocycles. The fraction of sp³-hybridized carbons (Fsp3) is 0. The van der Waals surface area contributed by atoms with Crippen LogP contribution >= 0.6 is 0 Å². The summed E-state index contributed by atoms with van der Waals surface area (Å²) in [5.41, 5.74) is 5.95. The van der Waals surface area contributed by atoms with Crippen LogP contribution < -0.4 is 4.90 Å². The van der Waals surface area contributed by atoms with Crippen molar-refractivity contribution in [3.63, 3.8) is 0 Å². The summed E-state index contributed by atoms with van der Waals surface area (Å²) in [5.74, 6) is 0. The molecule has 1 aromatic heterocycles. The van der Waals surface area contributed by atoms with Gasteiger partial charge in [-0.05, 0) is 0 Å². The summed E-state index contributed by atoms with van der Waals surface area (Å²) < 4.78 is 2.97. The minimum absolute atomic E-state index is 0.309. The van der Waals surface area contributed by atoms with Gasteiger partial charge in [-0.15, -0.1) is 0 Å². The molecule has 0 saturated heterocycles. The standard InChI is InChI=1S/C34H23NSe/c1-3-11-24(12-4-1)28-15-7-9-17-32(28)35(26-13-5-2-6-14-26)27-21-19-25-20-22-30-29-16-8-10-18-33(29)36-34(30)31(25)23-27/h1-23H. The summed E-state index contributed by atoms with van der Waals surface area (Å²) in [6, 6.07) is 50.5. The number of hydrogen-bond donors (Lipinski definition) is 0. The van der Waals surface area contributed by atoms with Gasteiger partial charge in [-0.3, -0.25) is 0 Å². The molecule has 0 amide bonds. The zero-order chi connectivity index (χ0) is 23.9. The molecule has 0 unspecified atom stereocenters. The van der Waals surface area contributed by atoms with E-state index in [2.05, 4.69) is 144 Å². The predicted molar refractivity (Wildman–Crippen MR) is 156 cm³/mol. The van der Waals surface area contributed by atoms with Gasteiger partial charge in [-0.2, -0.15) is 0 Å². The zero-order valence-electron chi connectivity index (χ0n) is 19.6. The number of benzene rings is 6. The maximum absolute atomic E-state index is 2.40. The summed E-state index contributed by atoms with van der Waals surface area (Å²) in [6.07, 6.45) is 0. The third kappa shape index (κ3) is 3.55. The molecule has 0 radical (unpaired) electrons. The SMILES string of the molecule is c1ccc(-c2ccccc2N(c2ccccc2)c2ccc3ccc4c5ccccc5[se]c4c3c2)cc1.